The second-order valence-corrected chi connectivity index (χ2v) is 3.28. The molecule has 0 saturated carbocycles. The first kappa shape index (κ1) is 8.91. The minimum atomic E-state index is -0.571. The number of carbonyl (C=O) groups is 1. The van der Waals surface area contributed by atoms with E-state index >= 15 is 0 Å². The zero-order valence-corrected chi connectivity index (χ0v) is 7.31. The summed E-state index contributed by atoms with van der Waals surface area (Å²) in [7, 11) is 0. The summed E-state index contributed by atoms with van der Waals surface area (Å²) in [4.78, 5) is 11.6. The average molecular weight is 181 g/mol. The number of ketones is 1. The zero-order chi connectivity index (χ0) is 9.14. The summed E-state index contributed by atoms with van der Waals surface area (Å²) in [6.07, 6.45) is 0. The molecule has 0 radical (unpaired) electrons. The molecule has 1 aromatic heterocycles. The van der Waals surface area contributed by atoms with Crippen molar-refractivity contribution in [2.24, 2.45) is 0 Å². The Morgan fingerprint density at radius 3 is 3.00 bits per heavy atom. The molecule has 0 aliphatic carbocycles. The van der Waals surface area contributed by atoms with Gasteiger partial charge in [-0.1, -0.05) is 0 Å². The molecule has 0 aliphatic heterocycles. The summed E-state index contributed by atoms with van der Waals surface area (Å²) in [5, 5.41) is 19.0. The van der Waals surface area contributed by atoms with Crippen molar-refractivity contribution in [3.63, 3.8) is 0 Å². The van der Waals surface area contributed by atoms with Crippen LogP contribution in [0.4, 0.5) is 0 Å². The maximum Gasteiger partial charge on any atom is 0.263 e. The van der Waals surface area contributed by atoms with Crippen molar-refractivity contribution in [2.75, 3.05) is 0 Å². The molecule has 1 aromatic rings. The standard InChI is InChI=1S/C8H7NO2S/c1-5-4-12-7(3-10)8(5)6(11)2-9/h4,10H,3H2,1H3. The van der Waals surface area contributed by atoms with E-state index in [2.05, 4.69) is 0 Å². The molecule has 0 unspecified atom stereocenters. The van der Waals surface area contributed by atoms with Crippen LogP contribution in [0, 0.1) is 18.3 Å². The van der Waals surface area contributed by atoms with Gasteiger partial charge in [0.05, 0.1) is 12.2 Å². The highest BCUT2D eigenvalue weighted by Gasteiger charge is 2.14. The summed E-state index contributed by atoms with van der Waals surface area (Å²) in [6, 6.07) is 1.54. The molecule has 0 saturated heterocycles. The van der Waals surface area contributed by atoms with Gasteiger partial charge in [-0.3, -0.25) is 4.79 Å². The van der Waals surface area contributed by atoms with E-state index in [4.69, 9.17) is 10.4 Å². The van der Waals surface area contributed by atoms with Crippen molar-refractivity contribution in [3.05, 3.63) is 21.4 Å². The van der Waals surface area contributed by atoms with Gasteiger partial charge in [0.1, 0.15) is 6.07 Å². The Labute approximate surface area is 73.9 Å². The van der Waals surface area contributed by atoms with Crippen LogP contribution in [0.15, 0.2) is 5.38 Å². The first-order valence-corrected chi connectivity index (χ1v) is 4.21. The maximum atomic E-state index is 11.0. The van der Waals surface area contributed by atoms with Crippen LogP contribution in [0.5, 0.6) is 0 Å². The van der Waals surface area contributed by atoms with Crippen LogP contribution in [0.3, 0.4) is 0 Å². The Morgan fingerprint density at radius 1 is 1.83 bits per heavy atom. The number of nitrogens with zero attached hydrogens (tertiary/aromatic N) is 1. The lowest BCUT2D eigenvalue weighted by Crippen LogP contribution is -1.98. The van der Waals surface area contributed by atoms with E-state index in [1.165, 1.54) is 17.4 Å². The first-order chi connectivity index (χ1) is 5.70. The molecule has 12 heavy (non-hydrogen) atoms. The number of rotatable bonds is 2. The molecule has 0 aromatic carbocycles. The van der Waals surface area contributed by atoms with Gasteiger partial charge in [-0.15, -0.1) is 11.3 Å². The summed E-state index contributed by atoms with van der Waals surface area (Å²) >= 11 is 1.30. The number of thiophene rings is 1. The molecule has 1 N–H and O–H groups in total. The number of nitriles is 1. The molecule has 62 valence electrons. The third-order valence-corrected chi connectivity index (χ3v) is 2.61. The second-order valence-electron chi connectivity index (χ2n) is 2.32. The third kappa shape index (κ3) is 1.37. The molecular weight excluding hydrogens is 174 g/mol. The molecular formula is C8H7NO2S. The molecule has 0 fully saturated rings. The lowest BCUT2D eigenvalue weighted by Gasteiger charge is -1.94. The predicted molar refractivity (Wildman–Crippen MR) is 44.9 cm³/mol. The minimum Gasteiger partial charge on any atom is -0.391 e. The van der Waals surface area contributed by atoms with Crippen molar-refractivity contribution in [1.29, 1.82) is 5.26 Å². The Balaban J connectivity index is 3.21. The number of Topliss-reactive ketones (excluding diaryl/α,β-unsaturated/α-hetero) is 1. The molecule has 0 aliphatic rings. The Morgan fingerprint density at radius 2 is 2.50 bits per heavy atom. The SMILES string of the molecule is Cc1csc(CO)c1C(=O)C#N. The molecule has 3 nitrogen and oxygen atoms in total. The highest BCUT2D eigenvalue weighted by atomic mass is 32.1. The Bertz CT molecular complexity index is 348. The zero-order valence-electron chi connectivity index (χ0n) is 6.50. The molecule has 0 atom stereocenters. The van der Waals surface area contributed by atoms with Crippen molar-refractivity contribution in [3.8, 4) is 6.07 Å². The smallest absolute Gasteiger partial charge is 0.263 e. The van der Waals surface area contributed by atoms with E-state index in [9.17, 15) is 4.79 Å². The largest absolute Gasteiger partial charge is 0.391 e. The Hall–Kier alpha value is -1.18. The van der Waals surface area contributed by atoms with E-state index in [0.717, 1.165) is 5.56 Å². The predicted octanol–water partition coefficient (Wildman–Crippen LogP) is 1.26. The maximum absolute atomic E-state index is 11.0. The van der Waals surface area contributed by atoms with Gasteiger partial charge < -0.3 is 5.11 Å². The number of hydrogen-bond donors (Lipinski definition) is 1. The number of aliphatic hydroxyl groups is 1. The second kappa shape index (κ2) is 3.48. The topological polar surface area (TPSA) is 61.1 Å². The summed E-state index contributed by atoms with van der Waals surface area (Å²) < 4.78 is 0. The molecule has 0 bridgehead atoms. The lowest BCUT2D eigenvalue weighted by atomic mass is 10.1. The molecule has 1 heterocycles. The molecule has 0 spiro atoms. The fraction of sp³-hybridized carbons (Fsp3) is 0.250. The monoisotopic (exact) mass is 181 g/mol. The van der Waals surface area contributed by atoms with Crippen molar-refractivity contribution >= 4 is 17.1 Å². The van der Waals surface area contributed by atoms with Crippen molar-refractivity contribution in [2.45, 2.75) is 13.5 Å². The average Bonchev–Trinajstić information content (AvgIpc) is 2.45. The van der Waals surface area contributed by atoms with E-state index in [-0.39, 0.29) is 6.61 Å². The highest BCUT2D eigenvalue weighted by molar-refractivity contribution is 7.10. The minimum absolute atomic E-state index is 0.179. The summed E-state index contributed by atoms with van der Waals surface area (Å²) in [5.74, 6) is -0.571. The van der Waals surface area contributed by atoms with Crippen LogP contribution in [0.2, 0.25) is 0 Å². The van der Waals surface area contributed by atoms with Crippen molar-refractivity contribution < 1.29 is 9.90 Å². The van der Waals surface area contributed by atoms with Crippen LogP contribution in [0.25, 0.3) is 0 Å². The van der Waals surface area contributed by atoms with E-state index < -0.39 is 5.78 Å². The Kier molecular flexibility index (Phi) is 2.58. The van der Waals surface area contributed by atoms with Gasteiger partial charge in [-0.2, -0.15) is 5.26 Å². The first-order valence-electron chi connectivity index (χ1n) is 3.33. The fourth-order valence-electron chi connectivity index (χ4n) is 0.975. The fourth-order valence-corrected chi connectivity index (χ4v) is 1.86. The van der Waals surface area contributed by atoms with E-state index in [1.54, 1.807) is 12.3 Å². The van der Waals surface area contributed by atoms with Gasteiger partial charge in [0, 0.05) is 4.88 Å². The number of aliphatic hydroxyl groups excluding tert-OH is 1. The van der Waals surface area contributed by atoms with Crippen LogP contribution < -0.4 is 0 Å². The van der Waals surface area contributed by atoms with Gasteiger partial charge in [0.25, 0.3) is 5.78 Å². The number of hydrogen-bond acceptors (Lipinski definition) is 4. The van der Waals surface area contributed by atoms with Crippen LogP contribution >= 0.6 is 11.3 Å². The summed E-state index contributed by atoms with van der Waals surface area (Å²) in [6.45, 7) is 1.57. The highest BCUT2D eigenvalue weighted by Crippen LogP contribution is 2.22. The number of carbonyl (C=O) groups excluding carboxylic acids is 1. The van der Waals surface area contributed by atoms with Crippen molar-refractivity contribution in [1.82, 2.24) is 0 Å². The number of aryl methyl sites for hydroxylation is 1. The quantitative estimate of drug-likeness (QED) is 0.551. The molecule has 0 amide bonds. The van der Waals surface area contributed by atoms with Gasteiger partial charge in [0.15, 0.2) is 0 Å². The molecule has 1 rings (SSSR count). The van der Waals surface area contributed by atoms with Gasteiger partial charge in [-0.05, 0) is 17.9 Å². The van der Waals surface area contributed by atoms with Crippen LogP contribution in [-0.4, -0.2) is 10.9 Å². The lowest BCUT2D eigenvalue weighted by molar-refractivity contribution is 0.105. The van der Waals surface area contributed by atoms with Gasteiger partial charge in [0.2, 0.25) is 0 Å². The van der Waals surface area contributed by atoms with Gasteiger partial charge in [-0.25, -0.2) is 0 Å². The normalized spacial score (nSPS) is 9.42. The van der Waals surface area contributed by atoms with Crippen LogP contribution in [0.1, 0.15) is 20.8 Å². The summed E-state index contributed by atoms with van der Waals surface area (Å²) in [5.41, 5.74) is 1.13. The van der Waals surface area contributed by atoms with Gasteiger partial charge >= 0.3 is 0 Å². The molecule has 4 heteroatoms. The third-order valence-electron chi connectivity index (χ3n) is 1.52. The van der Waals surface area contributed by atoms with Crippen LogP contribution in [-0.2, 0) is 6.61 Å². The van der Waals surface area contributed by atoms with E-state index in [0.29, 0.717) is 10.4 Å². The van der Waals surface area contributed by atoms with E-state index in [1.807, 2.05) is 0 Å².